The van der Waals surface area contributed by atoms with Crippen LogP contribution in [0.3, 0.4) is 0 Å². The zero-order valence-electron chi connectivity index (χ0n) is 14.0. The van der Waals surface area contributed by atoms with E-state index in [1.807, 2.05) is 11.8 Å². The van der Waals surface area contributed by atoms with Crippen LogP contribution in [0.1, 0.15) is 30.7 Å². The molecule has 2 saturated heterocycles. The maximum absolute atomic E-state index is 12.4. The summed E-state index contributed by atoms with van der Waals surface area (Å²) >= 11 is 0. The van der Waals surface area contributed by atoms with Crippen LogP contribution in [0.5, 0.6) is 0 Å². The predicted octanol–water partition coefficient (Wildman–Crippen LogP) is 0.906. The monoisotopic (exact) mass is 336 g/mol. The molecule has 0 unspecified atom stereocenters. The first-order chi connectivity index (χ1) is 11.6. The standard InChI is InChI=1S/C16H24N4O4/c1-12-10-13(18-24-12)11-17-16(22)20-6-3-5-19(7-8-20)15(21)14-4-2-9-23-14/h10,14H,2-9,11H2,1H3,(H,17,22)/t14-/m0/s1. The van der Waals surface area contributed by atoms with Crippen molar-refractivity contribution in [1.82, 2.24) is 20.3 Å². The minimum atomic E-state index is -0.291. The van der Waals surface area contributed by atoms with Crippen LogP contribution in [0.25, 0.3) is 0 Å². The van der Waals surface area contributed by atoms with Gasteiger partial charge in [-0.3, -0.25) is 4.79 Å². The normalized spacial score (nSPS) is 21.6. The van der Waals surface area contributed by atoms with Crippen molar-refractivity contribution in [2.75, 3.05) is 32.8 Å². The molecule has 0 spiro atoms. The van der Waals surface area contributed by atoms with Crippen molar-refractivity contribution in [2.45, 2.75) is 38.8 Å². The van der Waals surface area contributed by atoms with Gasteiger partial charge in [0, 0.05) is 38.9 Å². The molecular formula is C16H24N4O4. The van der Waals surface area contributed by atoms with Gasteiger partial charge in [0.05, 0.1) is 6.54 Å². The predicted molar refractivity (Wildman–Crippen MR) is 85.2 cm³/mol. The zero-order chi connectivity index (χ0) is 16.9. The van der Waals surface area contributed by atoms with Gasteiger partial charge in [-0.2, -0.15) is 0 Å². The molecule has 132 valence electrons. The van der Waals surface area contributed by atoms with Crippen LogP contribution in [-0.2, 0) is 16.1 Å². The summed E-state index contributed by atoms with van der Waals surface area (Å²) in [6.07, 6.45) is 2.23. The van der Waals surface area contributed by atoms with Gasteiger partial charge in [-0.25, -0.2) is 4.79 Å². The molecule has 0 saturated carbocycles. The number of amides is 3. The van der Waals surface area contributed by atoms with Gasteiger partial charge in [-0.15, -0.1) is 0 Å². The number of ether oxygens (including phenoxy) is 1. The maximum atomic E-state index is 12.4. The molecule has 1 N–H and O–H groups in total. The highest BCUT2D eigenvalue weighted by Crippen LogP contribution is 2.16. The molecule has 8 heteroatoms. The minimum Gasteiger partial charge on any atom is -0.368 e. The van der Waals surface area contributed by atoms with E-state index in [2.05, 4.69) is 10.5 Å². The van der Waals surface area contributed by atoms with E-state index in [-0.39, 0.29) is 18.0 Å². The Morgan fingerprint density at radius 1 is 1.25 bits per heavy atom. The van der Waals surface area contributed by atoms with Crippen LogP contribution in [0.4, 0.5) is 4.79 Å². The third-order valence-electron chi connectivity index (χ3n) is 4.40. The Balaban J connectivity index is 1.47. The van der Waals surface area contributed by atoms with E-state index in [9.17, 15) is 9.59 Å². The van der Waals surface area contributed by atoms with Crippen LogP contribution >= 0.6 is 0 Å². The van der Waals surface area contributed by atoms with Crippen molar-refractivity contribution in [3.8, 4) is 0 Å². The van der Waals surface area contributed by atoms with Crippen molar-refractivity contribution in [3.05, 3.63) is 17.5 Å². The number of aromatic nitrogens is 1. The zero-order valence-corrected chi connectivity index (χ0v) is 14.0. The molecule has 24 heavy (non-hydrogen) atoms. The number of rotatable bonds is 3. The lowest BCUT2D eigenvalue weighted by Crippen LogP contribution is -2.44. The van der Waals surface area contributed by atoms with E-state index < -0.39 is 0 Å². The first kappa shape index (κ1) is 16.8. The van der Waals surface area contributed by atoms with Gasteiger partial charge in [0.2, 0.25) is 0 Å². The summed E-state index contributed by atoms with van der Waals surface area (Å²) in [6, 6.07) is 1.66. The fourth-order valence-electron chi connectivity index (χ4n) is 3.10. The van der Waals surface area contributed by atoms with Gasteiger partial charge >= 0.3 is 6.03 Å². The molecule has 2 aliphatic rings. The molecule has 2 aliphatic heterocycles. The molecule has 0 radical (unpaired) electrons. The van der Waals surface area contributed by atoms with Crippen molar-refractivity contribution >= 4 is 11.9 Å². The molecule has 0 aliphatic carbocycles. The number of carbonyl (C=O) groups excluding carboxylic acids is 2. The fourth-order valence-corrected chi connectivity index (χ4v) is 3.10. The van der Waals surface area contributed by atoms with E-state index >= 15 is 0 Å². The largest absolute Gasteiger partial charge is 0.368 e. The quantitative estimate of drug-likeness (QED) is 0.886. The lowest BCUT2D eigenvalue weighted by Gasteiger charge is -2.24. The molecule has 3 amide bonds. The number of nitrogens with zero attached hydrogens (tertiary/aromatic N) is 3. The molecular weight excluding hydrogens is 312 g/mol. The molecule has 3 rings (SSSR count). The highest BCUT2D eigenvalue weighted by molar-refractivity contribution is 5.81. The van der Waals surface area contributed by atoms with Gasteiger partial charge in [0.25, 0.3) is 5.91 Å². The molecule has 8 nitrogen and oxygen atoms in total. The molecule has 0 bridgehead atoms. The molecule has 3 heterocycles. The fraction of sp³-hybridized carbons (Fsp3) is 0.688. The van der Waals surface area contributed by atoms with Gasteiger partial charge in [-0.1, -0.05) is 5.16 Å². The maximum Gasteiger partial charge on any atom is 0.317 e. The van der Waals surface area contributed by atoms with Gasteiger partial charge in [0.15, 0.2) is 0 Å². The third-order valence-corrected chi connectivity index (χ3v) is 4.40. The van der Waals surface area contributed by atoms with Crippen molar-refractivity contribution < 1.29 is 18.8 Å². The first-order valence-corrected chi connectivity index (χ1v) is 8.49. The molecule has 1 atom stereocenters. The Hall–Kier alpha value is -2.09. The number of carbonyl (C=O) groups is 2. The van der Waals surface area contributed by atoms with Crippen molar-refractivity contribution in [3.63, 3.8) is 0 Å². The Labute approximate surface area is 141 Å². The summed E-state index contributed by atoms with van der Waals surface area (Å²) in [5.74, 6) is 0.783. The van der Waals surface area contributed by atoms with Gasteiger partial charge in [0.1, 0.15) is 17.6 Å². The second-order valence-corrected chi connectivity index (χ2v) is 6.26. The van der Waals surface area contributed by atoms with Crippen LogP contribution in [0.2, 0.25) is 0 Å². The summed E-state index contributed by atoms with van der Waals surface area (Å²) < 4.78 is 10.5. The number of hydrogen-bond donors (Lipinski definition) is 1. The smallest absolute Gasteiger partial charge is 0.317 e. The third kappa shape index (κ3) is 4.05. The Morgan fingerprint density at radius 3 is 2.75 bits per heavy atom. The average molecular weight is 336 g/mol. The van der Waals surface area contributed by atoms with E-state index in [0.29, 0.717) is 45.0 Å². The molecule has 1 aromatic heterocycles. The Morgan fingerprint density at radius 2 is 2.04 bits per heavy atom. The van der Waals surface area contributed by atoms with Crippen LogP contribution in [0, 0.1) is 6.92 Å². The number of nitrogens with one attached hydrogen (secondary N) is 1. The highest BCUT2D eigenvalue weighted by atomic mass is 16.5. The van der Waals surface area contributed by atoms with E-state index in [1.54, 1.807) is 11.0 Å². The number of aryl methyl sites for hydroxylation is 1. The average Bonchev–Trinajstić information content (AvgIpc) is 3.18. The second-order valence-electron chi connectivity index (χ2n) is 6.26. The van der Waals surface area contributed by atoms with E-state index in [4.69, 9.17) is 9.26 Å². The summed E-state index contributed by atoms with van der Waals surface area (Å²) in [4.78, 5) is 28.3. The lowest BCUT2D eigenvalue weighted by atomic mass is 10.2. The van der Waals surface area contributed by atoms with Crippen molar-refractivity contribution in [2.24, 2.45) is 0 Å². The molecule has 0 aromatic carbocycles. The number of urea groups is 1. The summed E-state index contributed by atoms with van der Waals surface area (Å²) in [5, 5.41) is 6.70. The van der Waals surface area contributed by atoms with Crippen LogP contribution < -0.4 is 5.32 Å². The Bertz CT molecular complexity index is 582. The lowest BCUT2D eigenvalue weighted by molar-refractivity contribution is -0.140. The summed E-state index contributed by atoms with van der Waals surface area (Å²) in [5.41, 5.74) is 0.700. The molecule has 1 aromatic rings. The van der Waals surface area contributed by atoms with Gasteiger partial charge in [-0.05, 0) is 26.2 Å². The van der Waals surface area contributed by atoms with E-state index in [0.717, 1.165) is 25.0 Å². The van der Waals surface area contributed by atoms with Crippen molar-refractivity contribution in [1.29, 1.82) is 0 Å². The minimum absolute atomic E-state index is 0.0628. The Kier molecular flexibility index (Phi) is 5.34. The van der Waals surface area contributed by atoms with Crippen LogP contribution in [-0.4, -0.2) is 65.8 Å². The van der Waals surface area contributed by atoms with Crippen LogP contribution in [0.15, 0.2) is 10.6 Å². The van der Waals surface area contributed by atoms with E-state index in [1.165, 1.54) is 0 Å². The SMILES string of the molecule is Cc1cc(CNC(=O)N2CCCN(C(=O)[C@@H]3CCCO3)CC2)no1. The highest BCUT2D eigenvalue weighted by Gasteiger charge is 2.30. The second kappa shape index (κ2) is 7.65. The summed E-state index contributed by atoms with van der Waals surface area (Å²) in [7, 11) is 0. The topological polar surface area (TPSA) is 87.9 Å². The molecule has 2 fully saturated rings. The number of hydrogen-bond acceptors (Lipinski definition) is 5. The summed E-state index contributed by atoms with van der Waals surface area (Å²) in [6.45, 7) is 5.21. The first-order valence-electron chi connectivity index (χ1n) is 8.49. The van der Waals surface area contributed by atoms with Gasteiger partial charge < -0.3 is 24.4 Å².